The van der Waals surface area contributed by atoms with Crippen LogP contribution < -0.4 is 10.1 Å². The predicted octanol–water partition coefficient (Wildman–Crippen LogP) is 1.30. The molecule has 9 nitrogen and oxygen atoms in total. The van der Waals surface area contributed by atoms with Gasteiger partial charge in [0.2, 0.25) is 5.82 Å². The Labute approximate surface area is 115 Å². The highest BCUT2D eigenvalue weighted by Gasteiger charge is 2.27. The van der Waals surface area contributed by atoms with Gasteiger partial charge in [-0.25, -0.2) is 4.98 Å². The molecule has 0 amide bonds. The summed E-state index contributed by atoms with van der Waals surface area (Å²) in [6, 6.07) is -0.495. The van der Waals surface area contributed by atoms with E-state index in [9.17, 15) is 14.9 Å². The Kier molecular flexibility index (Phi) is 5.18. The third-order valence-electron chi connectivity index (χ3n) is 2.69. The molecular weight excluding hydrogens is 268 g/mol. The average molecular weight is 284 g/mol. The lowest BCUT2D eigenvalue weighted by Crippen LogP contribution is -2.29. The van der Waals surface area contributed by atoms with Gasteiger partial charge in [0.05, 0.1) is 18.5 Å². The van der Waals surface area contributed by atoms with E-state index in [0.717, 1.165) is 6.33 Å². The lowest BCUT2D eigenvalue weighted by molar-refractivity contribution is -0.385. The zero-order valence-corrected chi connectivity index (χ0v) is 11.4. The second kappa shape index (κ2) is 6.64. The van der Waals surface area contributed by atoms with E-state index in [1.165, 1.54) is 7.11 Å². The molecule has 0 aliphatic carbocycles. The van der Waals surface area contributed by atoms with Crippen molar-refractivity contribution in [3.05, 3.63) is 16.4 Å². The van der Waals surface area contributed by atoms with Gasteiger partial charge in [0.15, 0.2) is 0 Å². The first kappa shape index (κ1) is 15.6. The number of carbonyl (C=O) groups is 1. The van der Waals surface area contributed by atoms with Crippen molar-refractivity contribution < 1.29 is 19.6 Å². The molecule has 0 fully saturated rings. The number of nitro groups is 1. The number of carboxylic acids is 1. The van der Waals surface area contributed by atoms with Crippen LogP contribution in [0.15, 0.2) is 6.33 Å². The van der Waals surface area contributed by atoms with Gasteiger partial charge in [-0.3, -0.25) is 14.9 Å². The number of rotatable bonds is 7. The minimum absolute atomic E-state index is 0.0494. The molecule has 0 bridgehead atoms. The molecule has 9 heteroatoms. The van der Waals surface area contributed by atoms with Gasteiger partial charge >= 0.3 is 11.7 Å². The lowest BCUT2D eigenvalue weighted by atomic mass is 10.0. The Bertz CT molecular complexity index is 506. The van der Waals surface area contributed by atoms with E-state index in [4.69, 9.17) is 9.84 Å². The number of ether oxygens (including phenoxy) is 1. The van der Waals surface area contributed by atoms with E-state index in [-0.39, 0.29) is 24.0 Å². The summed E-state index contributed by atoms with van der Waals surface area (Å²) in [6.45, 7) is 3.62. The molecule has 0 aliphatic heterocycles. The molecule has 0 radical (unpaired) electrons. The molecule has 0 saturated heterocycles. The van der Waals surface area contributed by atoms with Crippen LogP contribution in [0.4, 0.5) is 11.5 Å². The Morgan fingerprint density at radius 1 is 1.55 bits per heavy atom. The van der Waals surface area contributed by atoms with E-state index < -0.39 is 22.6 Å². The van der Waals surface area contributed by atoms with Crippen LogP contribution in [0, 0.1) is 16.0 Å². The van der Waals surface area contributed by atoms with Crippen LogP contribution in [-0.4, -0.2) is 39.1 Å². The number of anilines is 1. The molecule has 0 aliphatic rings. The maximum atomic E-state index is 11.1. The summed E-state index contributed by atoms with van der Waals surface area (Å²) < 4.78 is 4.82. The van der Waals surface area contributed by atoms with Crippen molar-refractivity contribution in [3.63, 3.8) is 0 Å². The first-order chi connectivity index (χ1) is 9.36. The molecule has 1 rings (SSSR count). The average Bonchev–Trinajstić information content (AvgIpc) is 2.36. The number of hydrogen-bond acceptors (Lipinski definition) is 7. The van der Waals surface area contributed by atoms with Crippen molar-refractivity contribution in [2.24, 2.45) is 5.92 Å². The van der Waals surface area contributed by atoms with E-state index in [0.29, 0.717) is 0 Å². The zero-order chi connectivity index (χ0) is 15.3. The third kappa shape index (κ3) is 3.77. The molecule has 1 heterocycles. The van der Waals surface area contributed by atoms with Crippen LogP contribution in [-0.2, 0) is 4.79 Å². The van der Waals surface area contributed by atoms with Gasteiger partial charge in [0.1, 0.15) is 6.33 Å². The Morgan fingerprint density at radius 2 is 2.20 bits per heavy atom. The predicted molar refractivity (Wildman–Crippen MR) is 69.7 cm³/mol. The van der Waals surface area contributed by atoms with Gasteiger partial charge in [-0.05, 0) is 5.92 Å². The second-order valence-corrected chi connectivity index (χ2v) is 4.43. The van der Waals surface area contributed by atoms with Gasteiger partial charge in [0, 0.05) is 6.04 Å². The number of aromatic nitrogens is 2. The number of carboxylic acid groups (broad SMARTS) is 1. The van der Waals surface area contributed by atoms with Crippen LogP contribution in [0.3, 0.4) is 0 Å². The Hall–Kier alpha value is -2.45. The number of aliphatic carboxylic acids is 1. The summed E-state index contributed by atoms with van der Waals surface area (Å²) >= 11 is 0. The normalized spacial score (nSPS) is 12.0. The summed E-state index contributed by atoms with van der Waals surface area (Å²) in [6.07, 6.45) is 0.938. The molecule has 1 atom stereocenters. The molecule has 1 aromatic heterocycles. The van der Waals surface area contributed by atoms with Crippen LogP contribution in [0.25, 0.3) is 0 Å². The maximum Gasteiger partial charge on any atom is 0.372 e. The van der Waals surface area contributed by atoms with E-state index in [1.807, 2.05) is 13.8 Å². The first-order valence-electron chi connectivity index (χ1n) is 5.88. The molecule has 0 aromatic carbocycles. The van der Waals surface area contributed by atoms with Gasteiger partial charge in [-0.2, -0.15) is 4.98 Å². The molecule has 1 aromatic rings. The van der Waals surface area contributed by atoms with Crippen LogP contribution in [0.2, 0.25) is 0 Å². The van der Waals surface area contributed by atoms with Gasteiger partial charge < -0.3 is 15.2 Å². The highest BCUT2D eigenvalue weighted by Crippen LogP contribution is 2.31. The minimum atomic E-state index is -1.00. The van der Waals surface area contributed by atoms with Crippen LogP contribution >= 0.6 is 0 Å². The Balaban J connectivity index is 3.12. The van der Waals surface area contributed by atoms with Gasteiger partial charge in [0.25, 0.3) is 5.88 Å². The number of hydrogen-bond donors (Lipinski definition) is 2. The molecule has 1 unspecified atom stereocenters. The van der Waals surface area contributed by atoms with E-state index in [2.05, 4.69) is 15.3 Å². The van der Waals surface area contributed by atoms with Crippen molar-refractivity contribution in [1.29, 1.82) is 0 Å². The molecular formula is C11H16N4O5. The van der Waals surface area contributed by atoms with Crippen LogP contribution in [0.5, 0.6) is 5.88 Å². The monoisotopic (exact) mass is 284 g/mol. The molecule has 0 saturated carbocycles. The van der Waals surface area contributed by atoms with Crippen molar-refractivity contribution in [2.75, 3.05) is 12.4 Å². The summed E-state index contributed by atoms with van der Waals surface area (Å²) in [4.78, 5) is 28.7. The second-order valence-electron chi connectivity index (χ2n) is 4.43. The van der Waals surface area contributed by atoms with Crippen molar-refractivity contribution >= 4 is 17.5 Å². The number of nitrogens with zero attached hydrogens (tertiary/aromatic N) is 3. The van der Waals surface area contributed by atoms with Crippen molar-refractivity contribution in [1.82, 2.24) is 9.97 Å². The molecule has 2 N–H and O–H groups in total. The largest absolute Gasteiger partial charge is 0.481 e. The number of nitrogens with one attached hydrogen (secondary N) is 1. The topological polar surface area (TPSA) is 127 Å². The SMILES string of the molecule is COc1ncnc(NC(CC(=O)O)C(C)C)c1[N+](=O)[O-]. The molecule has 20 heavy (non-hydrogen) atoms. The van der Waals surface area contributed by atoms with Gasteiger partial charge in [-0.15, -0.1) is 0 Å². The fourth-order valence-corrected chi connectivity index (χ4v) is 1.60. The van der Waals surface area contributed by atoms with Gasteiger partial charge in [-0.1, -0.05) is 13.8 Å². The fraction of sp³-hybridized carbons (Fsp3) is 0.545. The highest BCUT2D eigenvalue weighted by molar-refractivity contribution is 5.69. The van der Waals surface area contributed by atoms with E-state index >= 15 is 0 Å². The summed E-state index contributed by atoms with van der Waals surface area (Å²) in [7, 11) is 1.26. The van der Waals surface area contributed by atoms with E-state index in [1.54, 1.807) is 0 Å². The molecule has 0 spiro atoms. The summed E-state index contributed by atoms with van der Waals surface area (Å²) in [5.41, 5.74) is -0.411. The van der Waals surface area contributed by atoms with Crippen molar-refractivity contribution in [2.45, 2.75) is 26.3 Å². The fourth-order valence-electron chi connectivity index (χ4n) is 1.60. The summed E-state index contributed by atoms with van der Waals surface area (Å²) in [5.74, 6) is -1.28. The number of methoxy groups -OCH3 is 1. The third-order valence-corrected chi connectivity index (χ3v) is 2.69. The zero-order valence-electron chi connectivity index (χ0n) is 11.4. The first-order valence-corrected chi connectivity index (χ1v) is 5.88. The molecule has 110 valence electrons. The van der Waals surface area contributed by atoms with Crippen molar-refractivity contribution in [3.8, 4) is 5.88 Å². The standard InChI is InChI=1S/C11H16N4O5/c1-6(2)7(4-8(16)17)14-10-9(15(18)19)11(20-3)13-5-12-10/h5-7H,4H2,1-3H3,(H,16,17)(H,12,13,14). The van der Waals surface area contributed by atoms with Crippen LogP contribution in [0.1, 0.15) is 20.3 Å². The smallest absolute Gasteiger partial charge is 0.372 e. The minimum Gasteiger partial charge on any atom is -0.481 e. The maximum absolute atomic E-state index is 11.1. The Morgan fingerprint density at radius 3 is 2.65 bits per heavy atom. The summed E-state index contributed by atoms with van der Waals surface area (Å²) in [5, 5.41) is 22.7. The highest BCUT2D eigenvalue weighted by atomic mass is 16.6. The lowest BCUT2D eigenvalue weighted by Gasteiger charge is -2.21. The quantitative estimate of drug-likeness (QED) is 0.566.